The average molecular weight is 296 g/mol. The van der Waals surface area contributed by atoms with E-state index >= 15 is 0 Å². The van der Waals surface area contributed by atoms with Gasteiger partial charge >= 0.3 is 0 Å². The second kappa shape index (κ2) is 6.02. The van der Waals surface area contributed by atoms with Crippen molar-refractivity contribution in [2.45, 2.75) is 13.3 Å². The number of aryl methyl sites for hydroxylation is 1. The first kappa shape index (κ1) is 14.3. The molecule has 1 N–H and O–H groups in total. The molecule has 112 valence electrons. The van der Waals surface area contributed by atoms with Crippen molar-refractivity contribution in [3.8, 4) is 28.4 Å². The number of nitrogens with one attached hydrogen (secondary N) is 1. The maximum Gasteiger partial charge on any atom is 0.138 e. The number of H-pyrrole nitrogens is 1. The number of rotatable bonds is 4. The number of imidazole rings is 1. The molecule has 0 aliphatic carbocycles. The molecule has 0 aliphatic rings. The molecule has 0 aliphatic heterocycles. The number of aromatic amines is 1. The van der Waals surface area contributed by atoms with Gasteiger partial charge in [-0.25, -0.2) is 9.37 Å². The molecule has 0 bridgehead atoms. The van der Waals surface area contributed by atoms with Crippen LogP contribution in [0.1, 0.15) is 12.6 Å². The van der Waals surface area contributed by atoms with E-state index in [-0.39, 0.29) is 5.82 Å². The predicted molar refractivity (Wildman–Crippen MR) is 85.3 cm³/mol. The fourth-order valence-corrected chi connectivity index (χ4v) is 2.47. The summed E-state index contributed by atoms with van der Waals surface area (Å²) in [5.41, 5.74) is 3.71. The van der Waals surface area contributed by atoms with Crippen LogP contribution >= 0.6 is 0 Å². The highest BCUT2D eigenvalue weighted by Crippen LogP contribution is 2.32. The van der Waals surface area contributed by atoms with Crippen LogP contribution in [0.5, 0.6) is 5.75 Å². The number of benzene rings is 2. The van der Waals surface area contributed by atoms with Crippen molar-refractivity contribution in [1.29, 1.82) is 0 Å². The third-order valence-electron chi connectivity index (χ3n) is 3.61. The minimum Gasteiger partial charge on any atom is -0.496 e. The van der Waals surface area contributed by atoms with Gasteiger partial charge in [-0.05, 0) is 42.8 Å². The van der Waals surface area contributed by atoms with Crippen molar-refractivity contribution in [3.05, 3.63) is 60.0 Å². The number of hydrogen-bond acceptors (Lipinski definition) is 2. The first-order valence-corrected chi connectivity index (χ1v) is 7.21. The molecule has 0 fully saturated rings. The predicted octanol–water partition coefficient (Wildman–Crippen LogP) is 4.45. The molecule has 4 heteroatoms. The van der Waals surface area contributed by atoms with Gasteiger partial charge < -0.3 is 9.72 Å². The number of ether oxygens (including phenoxy) is 1. The monoisotopic (exact) mass is 296 g/mol. The molecule has 3 nitrogen and oxygen atoms in total. The fourth-order valence-electron chi connectivity index (χ4n) is 2.47. The molecule has 0 atom stereocenters. The van der Waals surface area contributed by atoms with Crippen molar-refractivity contribution in [3.63, 3.8) is 0 Å². The third kappa shape index (κ3) is 2.60. The molecular formula is C18H17FN2O. The quantitative estimate of drug-likeness (QED) is 0.772. The Morgan fingerprint density at radius 3 is 2.50 bits per heavy atom. The molecule has 0 unspecified atom stereocenters. The molecule has 0 amide bonds. The van der Waals surface area contributed by atoms with Crippen LogP contribution in [0.4, 0.5) is 4.39 Å². The van der Waals surface area contributed by atoms with Gasteiger partial charge in [0.25, 0.3) is 0 Å². The standard InChI is InChI=1S/C18H17FN2O/c1-3-15-17(14-6-4-5-7-16(14)22-2)21-18(20-15)12-8-10-13(19)11-9-12/h4-11H,3H2,1-2H3,(H,20,21). The Kier molecular flexibility index (Phi) is 3.92. The molecule has 0 spiro atoms. The number of para-hydroxylation sites is 1. The van der Waals surface area contributed by atoms with E-state index in [0.29, 0.717) is 0 Å². The topological polar surface area (TPSA) is 37.9 Å². The molecule has 2 aromatic carbocycles. The van der Waals surface area contributed by atoms with Gasteiger partial charge in [-0.2, -0.15) is 0 Å². The van der Waals surface area contributed by atoms with Crippen molar-refractivity contribution in [2.75, 3.05) is 7.11 Å². The van der Waals surface area contributed by atoms with Crippen molar-refractivity contribution in [2.24, 2.45) is 0 Å². The summed E-state index contributed by atoms with van der Waals surface area (Å²) in [6.45, 7) is 2.07. The van der Waals surface area contributed by atoms with Crippen molar-refractivity contribution >= 4 is 0 Å². The van der Waals surface area contributed by atoms with Crippen LogP contribution in [-0.2, 0) is 6.42 Å². The van der Waals surface area contributed by atoms with E-state index in [4.69, 9.17) is 9.72 Å². The van der Waals surface area contributed by atoms with Gasteiger partial charge in [-0.3, -0.25) is 0 Å². The lowest BCUT2D eigenvalue weighted by Gasteiger charge is -2.06. The highest BCUT2D eigenvalue weighted by Gasteiger charge is 2.15. The second-order valence-corrected chi connectivity index (χ2v) is 4.97. The van der Waals surface area contributed by atoms with Crippen LogP contribution in [-0.4, -0.2) is 17.1 Å². The lowest BCUT2D eigenvalue weighted by Crippen LogP contribution is -1.90. The summed E-state index contributed by atoms with van der Waals surface area (Å²) in [5.74, 6) is 1.27. The number of halogens is 1. The summed E-state index contributed by atoms with van der Waals surface area (Å²) in [6, 6.07) is 14.1. The second-order valence-electron chi connectivity index (χ2n) is 4.97. The van der Waals surface area contributed by atoms with Crippen LogP contribution in [0.15, 0.2) is 48.5 Å². The van der Waals surface area contributed by atoms with Gasteiger partial charge in [0.2, 0.25) is 0 Å². The zero-order valence-electron chi connectivity index (χ0n) is 12.6. The van der Waals surface area contributed by atoms with E-state index < -0.39 is 0 Å². The van der Waals surface area contributed by atoms with E-state index in [0.717, 1.165) is 40.5 Å². The summed E-state index contributed by atoms with van der Waals surface area (Å²) in [5, 5.41) is 0. The minimum absolute atomic E-state index is 0.254. The molecule has 0 saturated carbocycles. The van der Waals surface area contributed by atoms with E-state index in [1.54, 1.807) is 19.2 Å². The lowest BCUT2D eigenvalue weighted by molar-refractivity contribution is 0.416. The highest BCUT2D eigenvalue weighted by atomic mass is 19.1. The highest BCUT2D eigenvalue weighted by molar-refractivity contribution is 5.72. The molecule has 22 heavy (non-hydrogen) atoms. The Balaban J connectivity index is 2.11. The maximum absolute atomic E-state index is 13.1. The molecule has 0 saturated heterocycles. The van der Waals surface area contributed by atoms with Crippen LogP contribution in [0.25, 0.3) is 22.6 Å². The van der Waals surface area contributed by atoms with Gasteiger partial charge in [-0.15, -0.1) is 0 Å². The molecule has 1 aromatic heterocycles. The Bertz CT molecular complexity index is 778. The summed E-state index contributed by atoms with van der Waals surface area (Å²) in [6.07, 6.45) is 0.821. The van der Waals surface area contributed by atoms with Crippen LogP contribution < -0.4 is 4.74 Å². The maximum atomic E-state index is 13.1. The van der Waals surface area contributed by atoms with Gasteiger partial charge in [0.1, 0.15) is 17.4 Å². The van der Waals surface area contributed by atoms with E-state index in [1.165, 1.54) is 12.1 Å². The first-order chi connectivity index (χ1) is 10.7. The lowest BCUT2D eigenvalue weighted by atomic mass is 10.1. The third-order valence-corrected chi connectivity index (χ3v) is 3.61. The molecule has 1 heterocycles. The van der Waals surface area contributed by atoms with E-state index in [9.17, 15) is 4.39 Å². The number of methoxy groups -OCH3 is 1. The van der Waals surface area contributed by atoms with Crippen molar-refractivity contribution < 1.29 is 9.13 Å². The number of aromatic nitrogens is 2. The Morgan fingerprint density at radius 2 is 1.82 bits per heavy atom. The Morgan fingerprint density at radius 1 is 1.09 bits per heavy atom. The average Bonchev–Trinajstić information content (AvgIpc) is 2.99. The van der Waals surface area contributed by atoms with Crippen LogP contribution in [0, 0.1) is 5.82 Å². The molecule has 3 aromatic rings. The van der Waals surface area contributed by atoms with Crippen LogP contribution in [0.2, 0.25) is 0 Å². The zero-order valence-corrected chi connectivity index (χ0v) is 12.6. The summed E-state index contributed by atoms with van der Waals surface area (Å²) in [7, 11) is 1.65. The normalized spacial score (nSPS) is 10.7. The SMILES string of the molecule is CCc1[nH]c(-c2ccc(F)cc2)nc1-c1ccccc1OC. The van der Waals surface area contributed by atoms with Gasteiger partial charge in [0.05, 0.1) is 12.8 Å². The Hall–Kier alpha value is -2.62. The van der Waals surface area contributed by atoms with Gasteiger partial charge in [0, 0.05) is 16.8 Å². The summed E-state index contributed by atoms with van der Waals surface area (Å²) in [4.78, 5) is 8.03. The number of nitrogens with zero attached hydrogens (tertiary/aromatic N) is 1. The summed E-state index contributed by atoms with van der Waals surface area (Å²) < 4.78 is 18.5. The largest absolute Gasteiger partial charge is 0.496 e. The molecule has 3 rings (SSSR count). The summed E-state index contributed by atoms with van der Waals surface area (Å²) >= 11 is 0. The molecular weight excluding hydrogens is 279 g/mol. The smallest absolute Gasteiger partial charge is 0.138 e. The van der Waals surface area contributed by atoms with Crippen LogP contribution in [0.3, 0.4) is 0 Å². The minimum atomic E-state index is -0.254. The van der Waals surface area contributed by atoms with Crippen molar-refractivity contribution in [1.82, 2.24) is 9.97 Å². The Labute approximate surface area is 128 Å². The van der Waals surface area contributed by atoms with E-state index in [2.05, 4.69) is 11.9 Å². The van der Waals surface area contributed by atoms with E-state index in [1.807, 2.05) is 24.3 Å². The van der Waals surface area contributed by atoms with Gasteiger partial charge in [0.15, 0.2) is 0 Å². The van der Waals surface area contributed by atoms with Gasteiger partial charge in [-0.1, -0.05) is 19.1 Å². The number of hydrogen-bond donors (Lipinski definition) is 1. The fraction of sp³-hybridized carbons (Fsp3) is 0.167. The zero-order chi connectivity index (χ0) is 15.5. The first-order valence-electron chi connectivity index (χ1n) is 7.21. The molecule has 0 radical (unpaired) electrons.